The molecule has 126 valence electrons. The molecule has 0 spiro atoms. The summed E-state index contributed by atoms with van der Waals surface area (Å²) in [5.74, 6) is -1.65. The number of hydrogen-bond donors (Lipinski definition) is 2. The lowest BCUT2D eigenvalue weighted by atomic mass is 10.1. The summed E-state index contributed by atoms with van der Waals surface area (Å²) in [5, 5.41) is 8.87. The van der Waals surface area contributed by atoms with E-state index < -0.39 is 11.8 Å². The average molecular weight is 330 g/mol. The second-order valence-corrected chi connectivity index (χ2v) is 5.40. The van der Waals surface area contributed by atoms with E-state index in [1.165, 1.54) is 18.2 Å². The first-order chi connectivity index (χ1) is 11.4. The molecule has 1 heterocycles. The Bertz CT molecular complexity index is 840. The van der Waals surface area contributed by atoms with Crippen molar-refractivity contribution < 1.29 is 14.3 Å². The molecule has 0 fully saturated rings. The highest BCUT2D eigenvalue weighted by Gasteiger charge is 2.11. The summed E-state index contributed by atoms with van der Waals surface area (Å²) < 4.78 is 13.8. The van der Waals surface area contributed by atoms with E-state index in [2.05, 4.69) is 9.97 Å². The van der Waals surface area contributed by atoms with Crippen LogP contribution in [0.2, 0.25) is 0 Å². The van der Waals surface area contributed by atoms with Gasteiger partial charge in [0, 0.05) is 11.8 Å². The van der Waals surface area contributed by atoms with Crippen molar-refractivity contribution >= 4 is 17.6 Å². The molecule has 0 amide bonds. The van der Waals surface area contributed by atoms with Gasteiger partial charge in [0.15, 0.2) is 0 Å². The van der Waals surface area contributed by atoms with E-state index in [0.29, 0.717) is 29.9 Å². The van der Waals surface area contributed by atoms with Crippen LogP contribution in [-0.2, 0) is 6.42 Å². The van der Waals surface area contributed by atoms with E-state index >= 15 is 0 Å². The number of carbonyl (C=O) groups is 1. The van der Waals surface area contributed by atoms with Crippen LogP contribution < -0.4 is 5.56 Å². The number of nitrogens with zero attached hydrogens (tertiary/aromatic N) is 1. The summed E-state index contributed by atoms with van der Waals surface area (Å²) in [4.78, 5) is 29.8. The maximum absolute atomic E-state index is 13.8. The number of benzene rings is 1. The normalized spacial score (nSPS) is 11.5. The maximum Gasteiger partial charge on any atom is 0.338 e. The lowest BCUT2D eigenvalue weighted by Crippen LogP contribution is -2.12. The summed E-state index contributed by atoms with van der Waals surface area (Å²) in [6, 6.07) is 5.38. The van der Waals surface area contributed by atoms with Crippen molar-refractivity contribution in [3.63, 3.8) is 0 Å². The number of hydrogen-bond acceptors (Lipinski definition) is 3. The van der Waals surface area contributed by atoms with E-state index in [1.54, 1.807) is 6.08 Å². The van der Waals surface area contributed by atoms with Crippen molar-refractivity contribution in [2.75, 3.05) is 0 Å². The van der Waals surface area contributed by atoms with Gasteiger partial charge in [-0.1, -0.05) is 26.3 Å². The van der Waals surface area contributed by atoms with Gasteiger partial charge >= 0.3 is 5.97 Å². The Labute approximate surface area is 138 Å². The molecule has 0 unspecified atom stereocenters. The molecule has 2 aromatic rings. The molecule has 2 N–H and O–H groups in total. The van der Waals surface area contributed by atoms with E-state index in [0.717, 1.165) is 18.1 Å². The van der Waals surface area contributed by atoms with Crippen LogP contribution in [-0.4, -0.2) is 21.0 Å². The standard InChI is InChI=1S/C18H19FN2O3/c1-3-5-13-10-16(22)21-17(20-13)12(4-2)8-11-6-7-14(18(23)24)15(19)9-11/h6-10H,3-5H2,1-2H3,(H,23,24)(H,20,21,22)/b12-8-. The first-order valence-electron chi connectivity index (χ1n) is 7.78. The van der Waals surface area contributed by atoms with Gasteiger partial charge in [0.1, 0.15) is 11.6 Å². The number of aromatic carboxylic acids is 1. The topological polar surface area (TPSA) is 83.0 Å². The van der Waals surface area contributed by atoms with Crippen LogP contribution in [0.3, 0.4) is 0 Å². The van der Waals surface area contributed by atoms with Gasteiger partial charge in [-0.3, -0.25) is 4.79 Å². The summed E-state index contributed by atoms with van der Waals surface area (Å²) >= 11 is 0. The number of allylic oxidation sites excluding steroid dienone is 1. The first-order valence-corrected chi connectivity index (χ1v) is 7.78. The van der Waals surface area contributed by atoms with E-state index in [1.807, 2.05) is 13.8 Å². The Hall–Kier alpha value is -2.76. The SMILES string of the molecule is CCCc1cc(=O)[nH]c(/C(=C\c2ccc(C(=O)O)c(F)c2)CC)n1. The molecule has 0 aliphatic carbocycles. The minimum Gasteiger partial charge on any atom is -0.478 e. The zero-order valence-corrected chi connectivity index (χ0v) is 13.6. The van der Waals surface area contributed by atoms with Crippen molar-refractivity contribution in [1.29, 1.82) is 0 Å². The molecule has 6 heteroatoms. The van der Waals surface area contributed by atoms with Gasteiger partial charge in [-0.25, -0.2) is 14.2 Å². The number of nitrogens with one attached hydrogen (secondary N) is 1. The second-order valence-electron chi connectivity index (χ2n) is 5.40. The van der Waals surface area contributed by atoms with Gasteiger partial charge in [0.2, 0.25) is 0 Å². The van der Waals surface area contributed by atoms with Gasteiger partial charge in [-0.15, -0.1) is 0 Å². The van der Waals surface area contributed by atoms with Crippen LogP contribution in [0.5, 0.6) is 0 Å². The quantitative estimate of drug-likeness (QED) is 0.849. The molecule has 0 aliphatic rings. The van der Waals surface area contributed by atoms with Crippen LogP contribution in [0, 0.1) is 5.82 Å². The van der Waals surface area contributed by atoms with Gasteiger partial charge in [0.05, 0.1) is 5.56 Å². The van der Waals surface area contributed by atoms with Crippen LogP contribution in [0.4, 0.5) is 4.39 Å². The van der Waals surface area contributed by atoms with E-state index in [4.69, 9.17) is 5.11 Å². The van der Waals surface area contributed by atoms with Crippen molar-refractivity contribution in [3.05, 3.63) is 63.1 Å². The van der Waals surface area contributed by atoms with Crippen LogP contribution in [0.15, 0.2) is 29.1 Å². The average Bonchev–Trinajstić information content (AvgIpc) is 2.52. The Kier molecular flexibility index (Phi) is 5.63. The molecular weight excluding hydrogens is 311 g/mol. The number of rotatable bonds is 6. The molecule has 0 radical (unpaired) electrons. The first kappa shape index (κ1) is 17.6. The van der Waals surface area contributed by atoms with Crippen molar-refractivity contribution in [2.24, 2.45) is 0 Å². The van der Waals surface area contributed by atoms with Crippen molar-refractivity contribution in [3.8, 4) is 0 Å². The van der Waals surface area contributed by atoms with E-state index in [9.17, 15) is 14.0 Å². The highest BCUT2D eigenvalue weighted by molar-refractivity contribution is 5.88. The Morgan fingerprint density at radius 2 is 2.08 bits per heavy atom. The molecule has 1 aromatic heterocycles. The second kappa shape index (κ2) is 7.68. The predicted molar refractivity (Wildman–Crippen MR) is 90.4 cm³/mol. The van der Waals surface area contributed by atoms with Crippen LogP contribution in [0.1, 0.15) is 54.1 Å². The molecule has 0 saturated carbocycles. The highest BCUT2D eigenvalue weighted by Crippen LogP contribution is 2.20. The van der Waals surface area contributed by atoms with Crippen molar-refractivity contribution in [2.45, 2.75) is 33.1 Å². The molecule has 24 heavy (non-hydrogen) atoms. The zero-order chi connectivity index (χ0) is 17.7. The monoisotopic (exact) mass is 330 g/mol. The fourth-order valence-electron chi connectivity index (χ4n) is 2.38. The number of H-pyrrole nitrogens is 1. The number of halogens is 1. The Morgan fingerprint density at radius 1 is 1.33 bits per heavy atom. The van der Waals surface area contributed by atoms with Crippen LogP contribution >= 0.6 is 0 Å². The van der Waals surface area contributed by atoms with Crippen molar-refractivity contribution in [1.82, 2.24) is 9.97 Å². The lowest BCUT2D eigenvalue weighted by Gasteiger charge is -2.07. The third-order valence-electron chi connectivity index (χ3n) is 3.55. The molecule has 5 nitrogen and oxygen atoms in total. The molecule has 0 aliphatic heterocycles. The minimum atomic E-state index is -1.31. The zero-order valence-electron chi connectivity index (χ0n) is 13.6. The molecular formula is C18H19FN2O3. The molecule has 2 rings (SSSR count). The predicted octanol–water partition coefficient (Wildman–Crippen LogP) is 3.51. The molecule has 0 bridgehead atoms. The summed E-state index contributed by atoms with van der Waals surface area (Å²) in [5.41, 5.74) is 1.37. The van der Waals surface area contributed by atoms with Gasteiger partial charge in [0.25, 0.3) is 5.56 Å². The number of aromatic amines is 1. The van der Waals surface area contributed by atoms with Gasteiger partial charge in [-0.05, 0) is 42.2 Å². The summed E-state index contributed by atoms with van der Waals surface area (Å²) in [6.45, 7) is 3.91. The van der Waals surface area contributed by atoms with Crippen LogP contribution in [0.25, 0.3) is 11.6 Å². The third kappa shape index (κ3) is 4.16. The van der Waals surface area contributed by atoms with Gasteiger partial charge < -0.3 is 10.1 Å². The molecule has 0 saturated heterocycles. The molecule has 1 aromatic carbocycles. The van der Waals surface area contributed by atoms with E-state index in [-0.39, 0.29) is 11.1 Å². The largest absolute Gasteiger partial charge is 0.478 e. The fraction of sp³-hybridized carbons (Fsp3) is 0.278. The lowest BCUT2D eigenvalue weighted by molar-refractivity contribution is 0.0692. The molecule has 0 atom stereocenters. The summed E-state index contributed by atoms with van der Waals surface area (Å²) in [7, 11) is 0. The fourth-order valence-corrected chi connectivity index (χ4v) is 2.38. The number of carboxylic acid groups (broad SMARTS) is 1. The Balaban J connectivity index is 2.44. The summed E-state index contributed by atoms with van der Waals surface area (Å²) in [6.07, 6.45) is 3.86. The maximum atomic E-state index is 13.8. The van der Waals surface area contributed by atoms with Gasteiger partial charge in [-0.2, -0.15) is 0 Å². The Morgan fingerprint density at radius 3 is 2.67 bits per heavy atom. The minimum absolute atomic E-state index is 0.227. The third-order valence-corrected chi connectivity index (χ3v) is 3.55. The smallest absolute Gasteiger partial charge is 0.338 e. The number of aryl methyl sites for hydroxylation is 1. The highest BCUT2D eigenvalue weighted by atomic mass is 19.1. The number of aromatic nitrogens is 2. The number of carboxylic acids is 1.